The highest BCUT2D eigenvalue weighted by Crippen LogP contribution is 2.17. The third-order valence-corrected chi connectivity index (χ3v) is 3.20. The molecule has 0 fully saturated rings. The lowest BCUT2D eigenvalue weighted by atomic mass is 10.1. The van der Waals surface area contributed by atoms with Crippen LogP contribution in [0, 0.1) is 0 Å². The summed E-state index contributed by atoms with van der Waals surface area (Å²) in [5.41, 5.74) is 1.97. The van der Waals surface area contributed by atoms with Crippen LogP contribution in [0.1, 0.15) is 25.0 Å². The van der Waals surface area contributed by atoms with E-state index >= 15 is 0 Å². The van der Waals surface area contributed by atoms with Gasteiger partial charge in [-0.3, -0.25) is 4.79 Å². The Balaban J connectivity index is 1.86. The number of carbonyl (C=O) groups is 1. The fourth-order valence-electron chi connectivity index (χ4n) is 2.05. The highest BCUT2D eigenvalue weighted by molar-refractivity contribution is 5.72. The van der Waals surface area contributed by atoms with Crippen molar-refractivity contribution < 1.29 is 19.0 Å². The number of benzene rings is 2. The molecule has 4 heteroatoms. The van der Waals surface area contributed by atoms with Crippen LogP contribution in [0.3, 0.4) is 0 Å². The summed E-state index contributed by atoms with van der Waals surface area (Å²) in [5.74, 6) is 1.37. The molecule has 2 aromatic carbocycles. The summed E-state index contributed by atoms with van der Waals surface area (Å²) < 4.78 is 16.0. The Morgan fingerprint density at radius 1 is 0.913 bits per heavy atom. The highest BCUT2D eigenvalue weighted by Gasteiger charge is 2.03. The third-order valence-electron chi connectivity index (χ3n) is 3.20. The Labute approximate surface area is 137 Å². The zero-order valence-corrected chi connectivity index (χ0v) is 13.7. The van der Waals surface area contributed by atoms with Crippen LogP contribution < -0.4 is 9.47 Å². The molecule has 0 amide bonds. The molecule has 0 bridgehead atoms. The molecule has 0 unspecified atom stereocenters. The van der Waals surface area contributed by atoms with Gasteiger partial charge in [-0.25, -0.2) is 0 Å². The van der Waals surface area contributed by atoms with Crippen molar-refractivity contribution in [2.75, 3.05) is 7.11 Å². The molecule has 0 saturated heterocycles. The van der Waals surface area contributed by atoms with E-state index < -0.39 is 0 Å². The van der Waals surface area contributed by atoms with E-state index in [0.29, 0.717) is 6.61 Å². The van der Waals surface area contributed by atoms with Gasteiger partial charge < -0.3 is 14.2 Å². The molecule has 0 aromatic heterocycles. The molecule has 0 spiro atoms. The molecule has 0 N–H and O–H groups in total. The number of methoxy groups -OCH3 is 1. The van der Waals surface area contributed by atoms with E-state index in [1.807, 2.05) is 62.4 Å². The fourth-order valence-corrected chi connectivity index (χ4v) is 2.05. The number of rotatable bonds is 7. The second kappa shape index (κ2) is 8.22. The zero-order chi connectivity index (χ0) is 16.7. The topological polar surface area (TPSA) is 44.8 Å². The first-order valence-corrected chi connectivity index (χ1v) is 7.61. The fraction of sp³-hybridized carbons (Fsp3) is 0.316. The molecule has 2 rings (SSSR count). The Bertz CT molecular complexity index is 615. The Morgan fingerprint density at radius 2 is 1.48 bits per heavy atom. The van der Waals surface area contributed by atoms with Crippen LogP contribution in [0.15, 0.2) is 48.5 Å². The molecule has 23 heavy (non-hydrogen) atoms. The van der Waals surface area contributed by atoms with Crippen molar-refractivity contribution >= 4 is 5.97 Å². The molecule has 0 saturated carbocycles. The SMILES string of the molecule is COC(=O)Cc1ccc(OCc2ccc(OC(C)C)cc2)cc1. The largest absolute Gasteiger partial charge is 0.491 e. The van der Waals surface area contributed by atoms with Gasteiger partial charge >= 0.3 is 5.97 Å². The van der Waals surface area contributed by atoms with Gasteiger partial charge in [0.05, 0.1) is 19.6 Å². The van der Waals surface area contributed by atoms with Crippen molar-refractivity contribution in [3.05, 3.63) is 59.7 Å². The molecule has 0 aliphatic heterocycles. The monoisotopic (exact) mass is 314 g/mol. The maximum Gasteiger partial charge on any atom is 0.309 e. The van der Waals surface area contributed by atoms with E-state index in [2.05, 4.69) is 4.74 Å². The molecule has 2 aromatic rings. The lowest BCUT2D eigenvalue weighted by Gasteiger charge is -2.11. The Kier molecular flexibility index (Phi) is 6.03. The van der Waals surface area contributed by atoms with E-state index in [-0.39, 0.29) is 18.5 Å². The first kappa shape index (κ1) is 16.9. The van der Waals surface area contributed by atoms with Crippen LogP contribution >= 0.6 is 0 Å². The predicted octanol–water partition coefficient (Wildman–Crippen LogP) is 3.77. The Morgan fingerprint density at radius 3 is 2.04 bits per heavy atom. The van der Waals surface area contributed by atoms with Gasteiger partial charge in [-0.05, 0) is 49.2 Å². The smallest absolute Gasteiger partial charge is 0.309 e. The van der Waals surface area contributed by atoms with Crippen LogP contribution in [0.4, 0.5) is 0 Å². The summed E-state index contributed by atoms with van der Waals surface area (Å²) in [6.45, 7) is 4.49. The molecular weight excluding hydrogens is 292 g/mol. The van der Waals surface area contributed by atoms with Gasteiger partial charge in [-0.2, -0.15) is 0 Å². The third kappa shape index (κ3) is 5.66. The van der Waals surface area contributed by atoms with E-state index in [1.165, 1.54) is 7.11 Å². The summed E-state index contributed by atoms with van der Waals surface area (Å²) in [7, 11) is 1.39. The number of hydrogen-bond donors (Lipinski definition) is 0. The number of esters is 1. The molecular formula is C19H22O4. The summed E-state index contributed by atoms with van der Waals surface area (Å²) in [6, 6.07) is 15.3. The minimum Gasteiger partial charge on any atom is -0.491 e. The number of ether oxygens (including phenoxy) is 3. The maximum absolute atomic E-state index is 11.2. The summed E-state index contributed by atoms with van der Waals surface area (Å²) in [6.07, 6.45) is 0.439. The van der Waals surface area contributed by atoms with Crippen molar-refractivity contribution in [3.8, 4) is 11.5 Å². The molecule has 4 nitrogen and oxygen atoms in total. The van der Waals surface area contributed by atoms with E-state index in [0.717, 1.165) is 22.6 Å². The van der Waals surface area contributed by atoms with Crippen molar-refractivity contribution in [1.82, 2.24) is 0 Å². The first-order chi connectivity index (χ1) is 11.1. The van der Waals surface area contributed by atoms with Gasteiger partial charge in [-0.1, -0.05) is 24.3 Å². The van der Waals surface area contributed by atoms with Crippen molar-refractivity contribution in [1.29, 1.82) is 0 Å². The minimum absolute atomic E-state index is 0.167. The molecule has 0 heterocycles. The molecule has 122 valence electrons. The summed E-state index contributed by atoms with van der Waals surface area (Å²) in [5, 5.41) is 0. The van der Waals surface area contributed by atoms with E-state index in [9.17, 15) is 4.79 Å². The normalized spacial score (nSPS) is 10.4. The summed E-state index contributed by atoms with van der Waals surface area (Å²) >= 11 is 0. The average molecular weight is 314 g/mol. The van der Waals surface area contributed by atoms with Crippen LogP contribution in [-0.4, -0.2) is 19.2 Å². The standard InChI is InChI=1S/C19H22O4/c1-14(2)23-18-10-6-16(7-11-18)13-22-17-8-4-15(5-9-17)12-19(20)21-3/h4-11,14H,12-13H2,1-3H3. The lowest BCUT2D eigenvalue weighted by Crippen LogP contribution is -2.05. The first-order valence-electron chi connectivity index (χ1n) is 7.61. The predicted molar refractivity (Wildman–Crippen MR) is 88.7 cm³/mol. The lowest BCUT2D eigenvalue weighted by molar-refractivity contribution is -0.139. The average Bonchev–Trinajstić information content (AvgIpc) is 2.55. The second-order valence-corrected chi connectivity index (χ2v) is 5.50. The zero-order valence-electron chi connectivity index (χ0n) is 13.7. The van der Waals surface area contributed by atoms with Crippen molar-refractivity contribution in [3.63, 3.8) is 0 Å². The maximum atomic E-state index is 11.2. The Hall–Kier alpha value is -2.49. The highest BCUT2D eigenvalue weighted by atomic mass is 16.5. The summed E-state index contributed by atoms with van der Waals surface area (Å²) in [4.78, 5) is 11.2. The van der Waals surface area contributed by atoms with Gasteiger partial charge in [-0.15, -0.1) is 0 Å². The van der Waals surface area contributed by atoms with Crippen LogP contribution in [0.2, 0.25) is 0 Å². The van der Waals surface area contributed by atoms with Crippen molar-refractivity contribution in [2.24, 2.45) is 0 Å². The van der Waals surface area contributed by atoms with Gasteiger partial charge in [0.15, 0.2) is 0 Å². The molecule has 0 radical (unpaired) electrons. The van der Waals surface area contributed by atoms with Crippen LogP contribution in [-0.2, 0) is 22.6 Å². The molecule has 0 atom stereocenters. The van der Waals surface area contributed by atoms with Gasteiger partial charge in [0.1, 0.15) is 18.1 Å². The van der Waals surface area contributed by atoms with Gasteiger partial charge in [0.25, 0.3) is 0 Å². The number of carbonyl (C=O) groups excluding carboxylic acids is 1. The number of hydrogen-bond acceptors (Lipinski definition) is 4. The van der Waals surface area contributed by atoms with Crippen LogP contribution in [0.5, 0.6) is 11.5 Å². The molecule has 0 aliphatic rings. The van der Waals surface area contributed by atoms with E-state index in [1.54, 1.807) is 0 Å². The molecule has 0 aliphatic carbocycles. The van der Waals surface area contributed by atoms with E-state index in [4.69, 9.17) is 9.47 Å². The van der Waals surface area contributed by atoms with Crippen LogP contribution in [0.25, 0.3) is 0 Å². The quantitative estimate of drug-likeness (QED) is 0.730. The van der Waals surface area contributed by atoms with Gasteiger partial charge in [0, 0.05) is 0 Å². The van der Waals surface area contributed by atoms with Crippen molar-refractivity contribution in [2.45, 2.75) is 33.0 Å². The second-order valence-electron chi connectivity index (χ2n) is 5.50. The van der Waals surface area contributed by atoms with Gasteiger partial charge in [0.2, 0.25) is 0 Å². The minimum atomic E-state index is -0.248.